The van der Waals surface area contributed by atoms with Crippen molar-refractivity contribution in [2.24, 2.45) is 0 Å². The highest BCUT2D eigenvalue weighted by molar-refractivity contribution is 5.93. The predicted molar refractivity (Wildman–Crippen MR) is 87.2 cm³/mol. The molecule has 2 aliphatic heterocycles. The van der Waals surface area contributed by atoms with Crippen LogP contribution < -0.4 is 4.90 Å². The highest BCUT2D eigenvalue weighted by Gasteiger charge is 2.21. The van der Waals surface area contributed by atoms with Crippen LogP contribution in [0.5, 0.6) is 0 Å². The molecule has 3 rings (SSSR count). The molecule has 0 bridgehead atoms. The number of carbonyl (C=O) groups is 1. The first kappa shape index (κ1) is 15.3. The molecule has 1 aromatic rings. The molecular weight excluding hydrogens is 276 g/mol. The lowest BCUT2D eigenvalue weighted by atomic mass is 10.1. The van der Waals surface area contributed by atoms with Gasteiger partial charge in [-0.2, -0.15) is 0 Å². The number of amides is 1. The van der Waals surface area contributed by atoms with Crippen LogP contribution in [0.1, 0.15) is 61.3 Å². The molecule has 0 unspecified atom stereocenters. The maximum atomic E-state index is 12.7. The van der Waals surface area contributed by atoms with Gasteiger partial charge in [0.2, 0.25) is 0 Å². The lowest BCUT2D eigenvalue weighted by Crippen LogP contribution is -2.36. The summed E-state index contributed by atoms with van der Waals surface area (Å²) in [6.07, 6.45) is 8.44. The van der Waals surface area contributed by atoms with E-state index in [1.807, 2.05) is 17.9 Å². The van der Waals surface area contributed by atoms with Gasteiger partial charge in [-0.05, 0) is 39.0 Å². The minimum atomic E-state index is 0.0706. The number of nitrogens with zero attached hydrogens (tertiary/aromatic N) is 4. The Kier molecular flexibility index (Phi) is 4.90. The van der Waals surface area contributed by atoms with Crippen LogP contribution in [0.4, 0.5) is 5.82 Å². The van der Waals surface area contributed by atoms with Crippen molar-refractivity contribution >= 4 is 11.7 Å². The minimum absolute atomic E-state index is 0.0706. The Bertz CT molecular complexity index is 517. The molecule has 5 nitrogen and oxygen atoms in total. The Morgan fingerprint density at radius 2 is 1.50 bits per heavy atom. The maximum absolute atomic E-state index is 12.7. The van der Waals surface area contributed by atoms with Gasteiger partial charge in [0, 0.05) is 32.2 Å². The number of piperidine rings is 1. The van der Waals surface area contributed by atoms with Crippen LogP contribution in [-0.4, -0.2) is 47.0 Å². The Hall–Kier alpha value is -1.65. The summed E-state index contributed by atoms with van der Waals surface area (Å²) >= 11 is 0. The van der Waals surface area contributed by atoms with E-state index in [0.717, 1.165) is 44.8 Å². The third-order valence-corrected chi connectivity index (χ3v) is 4.62. The van der Waals surface area contributed by atoms with Crippen molar-refractivity contribution in [1.29, 1.82) is 0 Å². The van der Waals surface area contributed by atoms with E-state index in [9.17, 15) is 4.79 Å². The van der Waals surface area contributed by atoms with Crippen molar-refractivity contribution in [3.8, 4) is 0 Å². The first-order valence-electron chi connectivity index (χ1n) is 8.64. The number of hydrogen-bond donors (Lipinski definition) is 0. The number of aryl methyl sites for hydroxylation is 1. The zero-order valence-corrected chi connectivity index (χ0v) is 13.6. The third kappa shape index (κ3) is 3.57. The fraction of sp³-hybridized carbons (Fsp3) is 0.706. The van der Waals surface area contributed by atoms with E-state index in [4.69, 9.17) is 0 Å². The molecule has 0 radical (unpaired) electrons. The molecule has 120 valence electrons. The molecule has 0 aliphatic carbocycles. The molecule has 0 N–H and O–H groups in total. The molecule has 1 aromatic heterocycles. The van der Waals surface area contributed by atoms with E-state index in [-0.39, 0.29) is 5.91 Å². The van der Waals surface area contributed by atoms with Crippen molar-refractivity contribution in [2.45, 2.75) is 51.9 Å². The van der Waals surface area contributed by atoms with Gasteiger partial charge in [-0.3, -0.25) is 4.79 Å². The topological polar surface area (TPSA) is 49.3 Å². The van der Waals surface area contributed by atoms with Gasteiger partial charge in [0.1, 0.15) is 17.3 Å². The average Bonchev–Trinajstić information content (AvgIpc) is 2.84. The van der Waals surface area contributed by atoms with Crippen LogP contribution in [0.25, 0.3) is 0 Å². The van der Waals surface area contributed by atoms with Gasteiger partial charge < -0.3 is 9.80 Å². The quantitative estimate of drug-likeness (QED) is 0.843. The molecule has 2 saturated heterocycles. The average molecular weight is 302 g/mol. The summed E-state index contributed by atoms with van der Waals surface area (Å²) < 4.78 is 0. The van der Waals surface area contributed by atoms with Crippen molar-refractivity contribution in [3.63, 3.8) is 0 Å². The number of hydrogen-bond acceptors (Lipinski definition) is 4. The van der Waals surface area contributed by atoms with Crippen LogP contribution in [0, 0.1) is 6.92 Å². The molecule has 0 aromatic carbocycles. The summed E-state index contributed by atoms with van der Waals surface area (Å²) in [7, 11) is 0. The lowest BCUT2D eigenvalue weighted by Gasteiger charge is -2.27. The van der Waals surface area contributed by atoms with Gasteiger partial charge in [-0.1, -0.05) is 12.8 Å². The number of carbonyl (C=O) groups excluding carboxylic acids is 1. The van der Waals surface area contributed by atoms with Crippen LogP contribution in [0.3, 0.4) is 0 Å². The van der Waals surface area contributed by atoms with Gasteiger partial charge in [0.15, 0.2) is 0 Å². The largest absolute Gasteiger partial charge is 0.356 e. The van der Waals surface area contributed by atoms with Crippen LogP contribution in [-0.2, 0) is 0 Å². The zero-order valence-electron chi connectivity index (χ0n) is 13.6. The zero-order chi connectivity index (χ0) is 15.4. The molecule has 2 fully saturated rings. The predicted octanol–water partition coefficient (Wildman–Crippen LogP) is 2.79. The van der Waals surface area contributed by atoms with Gasteiger partial charge >= 0.3 is 0 Å². The van der Waals surface area contributed by atoms with Crippen molar-refractivity contribution < 1.29 is 4.79 Å². The summed E-state index contributed by atoms with van der Waals surface area (Å²) in [5.41, 5.74) is 0.564. The summed E-state index contributed by atoms with van der Waals surface area (Å²) in [4.78, 5) is 25.9. The summed E-state index contributed by atoms with van der Waals surface area (Å²) in [6, 6.07) is 1.90. The second-order valence-electron chi connectivity index (χ2n) is 6.41. The number of aromatic nitrogens is 2. The van der Waals surface area contributed by atoms with Crippen LogP contribution >= 0.6 is 0 Å². The minimum Gasteiger partial charge on any atom is -0.356 e. The second kappa shape index (κ2) is 7.07. The standard InChI is InChI=1S/C17H26N4O/c1-14-18-15(17(22)21-11-7-4-8-12-21)13-16(19-14)20-9-5-2-3-6-10-20/h13H,2-12H2,1H3. The Morgan fingerprint density at radius 1 is 0.909 bits per heavy atom. The fourth-order valence-corrected chi connectivity index (χ4v) is 3.38. The summed E-state index contributed by atoms with van der Waals surface area (Å²) in [5, 5.41) is 0. The van der Waals surface area contributed by atoms with E-state index < -0.39 is 0 Å². The van der Waals surface area contributed by atoms with E-state index in [1.165, 1.54) is 32.1 Å². The molecule has 0 atom stereocenters. The summed E-state index contributed by atoms with van der Waals surface area (Å²) in [6.45, 7) is 5.68. The van der Waals surface area contributed by atoms with Gasteiger partial charge in [0.05, 0.1) is 0 Å². The van der Waals surface area contributed by atoms with Crippen LogP contribution in [0.15, 0.2) is 6.07 Å². The smallest absolute Gasteiger partial charge is 0.272 e. The highest BCUT2D eigenvalue weighted by atomic mass is 16.2. The van der Waals surface area contributed by atoms with E-state index in [0.29, 0.717) is 11.5 Å². The van der Waals surface area contributed by atoms with E-state index >= 15 is 0 Å². The fourth-order valence-electron chi connectivity index (χ4n) is 3.38. The Labute approximate surface area is 132 Å². The number of rotatable bonds is 2. The monoisotopic (exact) mass is 302 g/mol. The molecule has 3 heterocycles. The number of likely N-dealkylation sites (tertiary alicyclic amines) is 1. The molecule has 2 aliphatic rings. The molecule has 5 heteroatoms. The molecule has 1 amide bonds. The van der Waals surface area contributed by atoms with Crippen molar-refractivity contribution in [2.75, 3.05) is 31.1 Å². The Morgan fingerprint density at radius 3 is 2.18 bits per heavy atom. The first-order chi connectivity index (χ1) is 10.7. The molecule has 0 saturated carbocycles. The summed E-state index contributed by atoms with van der Waals surface area (Å²) in [5.74, 6) is 1.69. The van der Waals surface area contributed by atoms with Crippen LogP contribution in [0.2, 0.25) is 0 Å². The highest BCUT2D eigenvalue weighted by Crippen LogP contribution is 2.20. The maximum Gasteiger partial charge on any atom is 0.272 e. The third-order valence-electron chi connectivity index (χ3n) is 4.62. The molecule has 0 spiro atoms. The van der Waals surface area contributed by atoms with Gasteiger partial charge in [-0.15, -0.1) is 0 Å². The lowest BCUT2D eigenvalue weighted by molar-refractivity contribution is 0.0718. The van der Waals surface area contributed by atoms with Gasteiger partial charge in [0.25, 0.3) is 5.91 Å². The van der Waals surface area contributed by atoms with Crippen molar-refractivity contribution in [3.05, 3.63) is 17.6 Å². The van der Waals surface area contributed by atoms with Gasteiger partial charge in [-0.25, -0.2) is 9.97 Å². The second-order valence-corrected chi connectivity index (χ2v) is 6.41. The van der Waals surface area contributed by atoms with E-state index in [2.05, 4.69) is 14.9 Å². The molecular formula is C17H26N4O. The number of anilines is 1. The SMILES string of the molecule is Cc1nc(C(=O)N2CCCCC2)cc(N2CCCCCC2)n1. The Balaban J connectivity index is 1.80. The first-order valence-corrected chi connectivity index (χ1v) is 8.64. The van der Waals surface area contributed by atoms with E-state index in [1.54, 1.807) is 0 Å². The normalized spacial score (nSPS) is 19.9. The molecule has 22 heavy (non-hydrogen) atoms. The van der Waals surface area contributed by atoms with Crippen molar-refractivity contribution in [1.82, 2.24) is 14.9 Å².